The van der Waals surface area contributed by atoms with E-state index >= 15 is 0 Å². The van der Waals surface area contributed by atoms with Crippen molar-refractivity contribution in [3.05, 3.63) is 42.2 Å². The van der Waals surface area contributed by atoms with Gasteiger partial charge in [-0.25, -0.2) is 8.91 Å². The summed E-state index contributed by atoms with van der Waals surface area (Å²) in [6, 6.07) is 9.83. The van der Waals surface area contributed by atoms with Crippen LogP contribution in [0.5, 0.6) is 0 Å². The van der Waals surface area contributed by atoms with E-state index in [1.54, 1.807) is 16.8 Å². The van der Waals surface area contributed by atoms with Crippen LogP contribution in [0.2, 0.25) is 0 Å². The quantitative estimate of drug-likeness (QED) is 0.431. The van der Waals surface area contributed by atoms with Crippen LogP contribution >= 0.6 is 11.3 Å². The van der Waals surface area contributed by atoms with Crippen molar-refractivity contribution in [1.82, 2.24) is 24.8 Å². The van der Waals surface area contributed by atoms with Crippen LogP contribution in [0, 0.1) is 11.3 Å². The zero-order chi connectivity index (χ0) is 24.7. The summed E-state index contributed by atoms with van der Waals surface area (Å²) in [5.41, 5.74) is 3.16. The smallest absolute Gasteiger partial charge is 0.208 e. The second-order valence-corrected chi connectivity index (χ2v) is 10.2. The molecule has 4 aromatic heterocycles. The Hall–Kier alpha value is -3.62. The Morgan fingerprint density at radius 1 is 1.29 bits per heavy atom. The highest BCUT2D eigenvalue weighted by molar-refractivity contribution is 7.18. The number of alkyl halides is 1. The van der Waals surface area contributed by atoms with Crippen molar-refractivity contribution in [2.75, 3.05) is 23.3 Å². The van der Waals surface area contributed by atoms with Gasteiger partial charge in [0.2, 0.25) is 5.13 Å². The molecule has 180 valence electrons. The first-order valence-electron chi connectivity index (χ1n) is 11.4. The van der Waals surface area contributed by atoms with E-state index in [2.05, 4.69) is 31.7 Å². The van der Waals surface area contributed by atoms with Crippen molar-refractivity contribution in [1.29, 1.82) is 5.26 Å². The van der Waals surface area contributed by atoms with Gasteiger partial charge in [-0.3, -0.25) is 4.98 Å². The Bertz CT molecular complexity index is 1420. The molecule has 1 aliphatic heterocycles. The maximum Gasteiger partial charge on any atom is 0.208 e. The maximum atomic E-state index is 14.4. The molecule has 2 atom stereocenters. The van der Waals surface area contributed by atoms with Crippen molar-refractivity contribution in [2.45, 2.75) is 45.0 Å². The molecule has 0 aliphatic carbocycles. The molecule has 1 fully saturated rings. The standard InChI is InChI=1S/C24H25FN8OS/c1-14(2)29-18-9-19(20-5-4-16-8-15(10-26)11-28-33(16)20)27-12-17(18)22-30-31-23(35-22)32-7-6-24(3,34)21(25)13-32/h4-5,8-9,11-12,14,21,34H,6-7,13H2,1-3H3,(H,27,29)/t21-,24+/m1/s1. The lowest BCUT2D eigenvalue weighted by Gasteiger charge is -2.38. The van der Waals surface area contributed by atoms with Gasteiger partial charge in [-0.1, -0.05) is 11.3 Å². The third kappa shape index (κ3) is 4.42. The summed E-state index contributed by atoms with van der Waals surface area (Å²) in [4.78, 5) is 6.51. The number of nitrogens with zero attached hydrogens (tertiary/aromatic N) is 7. The third-order valence-corrected chi connectivity index (χ3v) is 7.12. The van der Waals surface area contributed by atoms with Crippen LogP contribution in [0.3, 0.4) is 0 Å². The van der Waals surface area contributed by atoms with Gasteiger partial charge in [0, 0.05) is 24.5 Å². The van der Waals surface area contributed by atoms with E-state index in [-0.39, 0.29) is 12.6 Å². The molecule has 11 heteroatoms. The first kappa shape index (κ1) is 23.1. The summed E-state index contributed by atoms with van der Waals surface area (Å²) in [5, 5.41) is 37.1. The number of rotatable bonds is 5. The minimum Gasteiger partial charge on any atom is -0.387 e. The van der Waals surface area contributed by atoms with Gasteiger partial charge >= 0.3 is 0 Å². The Labute approximate surface area is 205 Å². The predicted octanol–water partition coefficient (Wildman–Crippen LogP) is 3.91. The molecule has 2 N–H and O–H groups in total. The lowest BCUT2D eigenvalue weighted by atomic mass is 9.92. The number of hydrogen-bond donors (Lipinski definition) is 2. The lowest BCUT2D eigenvalue weighted by Crippen LogP contribution is -2.51. The summed E-state index contributed by atoms with van der Waals surface area (Å²) in [5.74, 6) is 0. The molecule has 5 heterocycles. The van der Waals surface area contributed by atoms with Crippen molar-refractivity contribution >= 4 is 27.7 Å². The minimum atomic E-state index is -1.35. The molecule has 9 nitrogen and oxygen atoms in total. The average Bonchev–Trinajstić information content (AvgIpc) is 3.47. The van der Waals surface area contributed by atoms with Crippen molar-refractivity contribution in [3.8, 4) is 28.0 Å². The van der Waals surface area contributed by atoms with E-state index in [9.17, 15) is 9.50 Å². The van der Waals surface area contributed by atoms with Gasteiger partial charge < -0.3 is 15.3 Å². The summed E-state index contributed by atoms with van der Waals surface area (Å²) in [6.07, 6.45) is 2.27. The number of nitriles is 1. The van der Waals surface area contributed by atoms with Crippen LogP contribution in [0.1, 0.15) is 32.8 Å². The monoisotopic (exact) mass is 492 g/mol. The van der Waals surface area contributed by atoms with E-state index in [1.807, 2.05) is 36.9 Å². The fourth-order valence-electron chi connectivity index (χ4n) is 4.08. The normalized spacial score (nSPS) is 20.4. The first-order chi connectivity index (χ1) is 16.7. The van der Waals surface area contributed by atoms with E-state index in [0.717, 1.165) is 28.2 Å². The molecule has 1 aliphatic rings. The summed E-state index contributed by atoms with van der Waals surface area (Å²) in [7, 11) is 0. The highest BCUT2D eigenvalue weighted by atomic mass is 32.1. The molecule has 0 spiro atoms. The van der Waals surface area contributed by atoms with E-state index in [4.69, 9.17) is 5.26 Å². The molecule has 0 unspecified atom stereocenters. The molecule has 5 rings (SSSR count). The largest absolute Gasteiger partial charge is 0.387 e. The SMILES string of the molecule is CC(C)Nc1cc(-c2ccc3cc(C#N)cnn23)ncc1-c1nnc(N2CC[C@](C)(O)[C@H](F)C2)s1. The molecular formula is C24H25FN8OS. The van der Waals surface area contributed by atoms with Gasteiger partial charge in [0.15, 0.2) is 5.01 Å². The van der Waals surface area contributed by atoms with Crippen LogP contribution in [0.15, 0.2) is 36.7 Å². The number of anilines is 2. The number of halogens is 1. The Balaban J connectivity index is 1.49. The molecule has 0 aromatic carbocycles. The summed E-state index contributed by atoms with van der Waals surface area (Å²) >= 11 is 1.37. The number of aliphatic hydroxyl groups is 1. The zero-order valence-corrected chi connectivity index (χ0v) is 20.4. The van der Waals surface area contributed by atoms with Gasteiger partial charge in [0.25, 0.3) is 0 Å². The van der Waals surface area contributed by atoms with Gasteiger partial charge in [0.1, 0.15) is 12.2 Å². The summed E-state index contributed by atoms with van der Waals surface area (Å²) in [6.45, 7) is 6.22. The number of piperidine rings is 1. The topological polar surface area (TPSA) is 115 Å². The van der Waals surface area contributed by atoms with Gasteiger partial charge in [-0.15, -0.1) is 10.2 Å². The number of pyridine rings is 1. The van der Waals surface area contributed by atoms with Crippen LogP contribution in [-0.2, 0) is 0 Å². The zero-order valence-electron chi connectivity index (χ0n) is 19.6. The first-order valence-corrected chi connectivity index (χ1v) is 12.2. The second kappa shape index (κ2) is 8.87. The maximum absolute atomic E-state index is 14.4. The molecule has 0 amide bonds. The highest BCUT2D eigenvalue weighted by Gasteiger charge is 2.38. The van der Waals surface area contributed by atoms with Crippen LogP contribution in [0.25, 0.3) is 27.5 Å². The van der Waals surface area contributed by atoms with Crippen LogP contribution < -0.4 is 10.2 Å². The molecule has 0 saturated carbocycles. The van der Waals surface area contributed by atoms with E-state index in [0.29, 0.717) is 28.7 Å². The summed E-state index contributed by atoms with van der Waals surface area (Å²) < 4.78 is 16.1. The van der Waals surface area contributed by atoms with Gasteiger partial charge in [0.05, 0.1) is 46.4 Å². The highest BCUT2D eigenvalue weighted by Crippen LogP contribution is 2.37. The molecule has 1 saturated heterocycles. The minimum absolute atomic E-state index is 0.0811. The third-order valence-electron chi connectivity index (χ3n) is 6.10. The average molecular weight is 493 g/mol. The predicted molar refractivity (Wildman–Crippen MR) is 133 cm³/mol. The van der Waals surface area contributed by atoms with Crippen LogP contribution in [-0.4, -0.2) is 60.8 Å². The number of fused-ring (bicyclic) bond motifs is 1. The van der Waals surface area contributed by atoms with Crippen molar-refractivity contribution in [2.24, 2.45) is 0 Å². The molecule has 35 heavy (non-hydrogen) atoms. The Morgan fingerprint density at radius 3 is 2.86 bits per heavy atom. The van der Waals surface area contributed by atoms with Crippen molar-refractivity contribution < 1.29 is 9.50 Å². The van der Waals surface area contributed by atoms with Gasteiger partial charge in [-0.05, 0) is 51.5 Å². The van der Waals surface area contributed by atoms with Gasteiger partial charge in [-0.2, -0.15) is 10.4 Å². The molecule has 0 radical (unpaired) electrons. The van der Waals surface area contributed by atoms with Crippen molar-refractivity contribution in [3.63, 3.8) is 0 Å². The molecular weight excluding hydrogens is 467 g/mol. The fourth-order valence-corrected chi connectivity index (χ4v) is 4.98. The van der Waals surface area contributed by atoms with Crippen LogP contribution in [0.4, 0.5) is 15.2 Å². The fraction of sp³-hybridized carbons (Fsp3) is 0.375. The Morgan fingerprint density at radius 2 is 2.11 bits per heavy atom. The Kier molecular flexibility index (Phi) is 5.86. The number of aromatic nitrogens is 5. The van der Waals surface area contributed by atoms with E-state index in [1.165, 1.54) is 24.5 Å². The molecule has 4 aromatic rings. The second-order valence-electron chi connectivity index (χ2n) is 9.24. The number of nitrogens with one attached hydrogen (secondary N) is 1. The van der Waals surface area contributed by atoms with E-state index < -0.39 is 11.8 Å². The molecule has 0 bridgehead atoms. The number of hydrogen-bond acceptors (Lipinski definition) is 9. The lowest BCUT2D eigenvalue weighted by molar-refractivity contribution is -0.0330.